The van der Waals surface area contributed by atoms with Crippen molar-refractivity contribution in [3.05, 3.63) is 25.7 Å². The Kier molecular flexibility index (Phi) is 3.57. The van der Waals surface area contributed by atoms with Crippen LogP contribution in [0.3, 0.4) is 0 Å². The van der Waals surface area contributed by atoms with Crippen molar-refractivity contribution in [1.29, 1.82) is 5.26 Å². The van der Waals surface area contributed by atoms with Crippen LogP contribution in [0.5, 0.6) is 0 Å². The van der Waals surface area contributed by atoms with Crippen molar-refractivity contribution >= 4 is 12.2 Å². The number of unbranched alkanes of at least 4 members (excludes halogenated alkanes) is 1. The van der Waals surface area contributed by atoms with Gasteiger partial charge in [0, 0.05) is 20.0 Å². The van der Waals surface area contributed by atoms with Crippen molar-refractivity contribution in [2.75, 3.05) is 0 Å². The SMILES string of the molecule is Cn1c(=S)[nH]c(=O)n(CCCC#N)c1=O. The van der Waals surface area contributed by atoms with Crippen LogP contribution in [0.25, 0.3) is 0 Å². The van der Waals surface area contributed by atoms with Crippen LogP contribution in [0.1, 0.15) is 12.8 Å². The van der Waals surface area contributed by atoms with E-state index >= 15 is 0 Å². The Hall–Kier alpha value is -1.68. The molecule has 1 N–H and O–H groups in total. The van der Waals surface area contributed by atoms with Crippen LogP contribution in [0.15, 0.2) is 9.59 Å². The normalized spacial score (nSPS) is 9.87. The summed E-state index contributed by atoms with van der Waals surface area (Å²) in [6.07, 6.45) is 0.779. The van der Waals surface area contributed by atoms with Gasteiger partial charge in [0.05, 0.1) is 6.07 Å². The van der Waals surface area contributed by atoms with E-state index in [2.05, 4.69) is 4.98 Å². The first-order valence-corrected chi connectivity index (χ1v) is 4.76. The van der Waals surface area contributed by atoms with Gasteiger partial charge in [0.1, 0.15) is 0 Å². The van der Waals surface area contributed by atoms with Gasteiger partial charge in [-0.3, -0.25) is 9.55 Å². The fraction of sp³-hybridized carbons (Fsp3) is 0.500. The van der Waals surface area contributed by atoms with E-state index in [4.69, 9.17) is 17.5 Å². The molecular weight excluding hydrogens is 216 g/mol. The summed E-state index contributed by atoms with van der Waals surface area (Å²) in [5.41, 5.74) is -0.984. The molecule has 0 aliphatic heterocycles. The number of nitriles is 1. The molecule has 0 unspecified atom stereocenters. The Morgan fingerprint density at radius 3 is 2.80 bits per heavy atom. The predicted molar refractivity (Wildman–Crippen MR) is 56.0 cm³/mol. The minimum absolute atomic E-state index is 0.0986. The molecule has 0 amide bonds. The molecule has 0 spiro atoms. The lowest BCUT2D eigenvalue weighted by atomic mass is 10.3. The van der Waals surface area contributed by atoms with E-state index in [0.29, 0.717) is 12.8 Å². The molecule has 80 valence electrons. The Morgan fingerprint density at radius 2 is 2.20 bits per heavy atom. The zero-order valence-electron chi connectivity index (χ0n) is 8.19. The number of rotatable bonds is 3. The first kappa shape index (κ1) is 11.4. The Morgan fingerprint density at radius 1 is 1.53 bits per heavy atom. The standard InChI is InChI=1S/C8H10N4O2S/c1-11-7(15)10-6(13)12(8(11)14)5-3-2-4-9/h2-3,5H2,1H3,(H,10,13,15). The van der Waals surface area contributed by atoms with E-state index in [-0.39, 0.29) is 11.3 Å². The number of nitrogens with zero attached hydrogens (tertiary/aromatic N) is 3. The number of hydrogen-bond donors (Lipinski definition) is 1. The molecule has 0 saturated carbocycles. The molecule has 6 nitrogen and oxygen atoms in total. The minimum atomic E-state index is -0.527. The maximum atomic E-state index is 11.6. The third-order valence-corrected chi connectivity index (χ3v) is 2.33. The molecule has 1 rings (SSSR count). The molecule has 0 atom stereocenters. The summed E-state index contributed by atoms with van der Waals surface area (Å²) in [5, 5.41) is 8.34. The highest BCUT2D eigenvalue weighted by Gasteiger charge is 2.03. The second-order valence-electron chi connectivity index (χ2n) is 2.99. The predicted octanol–water partition coefficient (Wildman–Crippen LogP) is -0.0916. The van der Waals surface area contributed by atoms with Crippen molar-refractivity contribution in [3.63, 3.8) is 0 Å². The smallest absolute Gasteiger partial charge is 0.284 e. The molecule has 0 aliphatic carbocycles. The van der Waals surface area contributed by atoms with Crippen LogP contribution < -0.4 is 11.4 Å². The molecule has 0 radical (unpaired) electrons. The third kappa shape index (κ3) is 2.41. The summed E-state index contributed by atoms with van der Waals surface area (Å²) >= 11 is 4.76. The summed E-state index contributed by atoms with van der Waals surface area (Å²) in [7, 11) is 1.49. The van der Waals surface area contributed by atoms with Crippen molar-refractivity contribution in [1.82, 2.24) is 14.1 Å². The second-order valence-corrected chi connectivity index (χ2v) is 3.38. The number of aromatic nitrogens is 3. The molecule has 15 heavy (non-hydrogen) atoms. The Balaban J connectivity index is 3.15. The van der Waals surface area contributed by atoms with Crippen molar-refractivity contribution < 1.29 is 0 Å². The van der Waals surface area contributed by atoms with Gasteiger partial charge < -0.3 is 0 Å². The lowest BCUT2D eigenvalue weighted by Gasteiger charge is -2.04. The lowest BCUT2D eigenvalue weighted by Crippen LogP contribution is -2.40. The first-order valence-electron chi connectivity index (χ1n) is 4.35. The molecule has 1 aromatic heterocycles. The summed E-state index contributed by atoms with van der Waals surface area (Å²) < 4.78 is 2.32. The summed E-state index contributed by atoms with van der Waals surface area (Å²) in [6.45, 7) is 0.227. The van der Waals surface area contributed by atoms with E-state index in [1.165, 1.54) is 11.6 Å². The molecule has 0 bridgehead atoms. The maximum absolute atomic E-state index is 11.6. The van der Waals surface area contributed by atoms with Crippen LogP contribution in [0.2, 0.25) is 0 Å². The third-order valence-electron chi connectivity index (χ3n) is 1.95. The van der Waals surface area contributed by atoms with E-state index in [9.17, 15) is 9.59 Å². The van der Waals surface area contributed by atoms with Crippen LogP contribution in [-0.4, -0.2) is 14.1 Å². The highest BCUT2D eigenvalue weighted by atomic mass is 32.1. The van der Waals surface area contributed by atoms with Gasteiger partial charge in [-0.15, -0.1) is 0 Å². The molecule has 0 fully saturated rings. The van der Waals surface area contributed by atoms with E-state index in [1.807, 2.05) is 6.07 Å². The highest BCUT2D eigenvalue weighted by molar-refractivity contribution is 7.71. The molecule has 7 heteroatoms. The second kappa shape index (κ2) is 4.70. The van der Waals surface area contributed by atoms with Crippen LogP contribution >= 0.6 is 12.2 Å². The van der Waals surface area contributed by atoms with Gasteiger partial charge in [-0.25, -0.2) is 14.2 Å². The average molecular weight is 226 g/mol. The molecular formula is C8H10N4O2S. The van der Waals surface area contributed by atoms with Crippen LogP contribution in [-0.2, 0) is 13.6 Å². The summed E-state index contributed by atoms with van der Waals surface area (Å²) in [4.78, 5) is 25.3. The van der Waals surface area contributed by atoms with Crippen molar-refractivity contribution in [3.8, 4) is 6.07 Å². The van der Waals surface area contributed by atoms with Gasteiger partial charge in [-0.2, -0.15) is 5.26 Å². The van der Waals surface area contributed by atoms with Crippen molar-refractivity contribution in [2.45, 2.75) is 19.4 Å². The topological polar surface area (TPSA) is 83.6 Å². The molecule has 1 heterocycles. The number of aromatic amines is 1. The molecule has 0 saturated heterocycles. The molecule has 1 aromatic rings. The van der Waals surface area contributed by atoms with Gasteiger partial charge in [0.15, 0.2) is 4.77 Å². The number of hydrogen-bond acceptors (Lipinski definition) is 4. The van der Waals surface area contributed by atoms with Crippen molar-refractivity contribution in [2.24, 2.45) is 7.05 Å². The maximum Gasteiger partial charge on any atom is 0.334 e. The molecule has 0 aliphatic rings. The quantitative estimate of drug-likeness (QED) is 0.576. The van der Waals surface area contributed by atoms with Gasteiger partial charge in [0.25, 0.3) is 0 Å². The molecule has 0 aromatic carbocycles. The van der Waals surface area contributed by atoms with E-state index in [0.717, 1.165) is 4.57 Å². The summed E-state index contributed by atoms with van der Waals surface area (Å²) in [6, 6.07) is 1.95. The fourth-order valence-electron chi connectivity index (χ4n) is 1.11. The van der Waals surface area contributed by atoms with E-state index in [1.54, 1.807) is 0 Å². The average Bonchev–Trinajstić information content (AvgIpc) is 2.20. The van der Waals surface area contributed by atoms with Gasteiger partial charge in [0.2, 0.25) is 0 Å². The highest BCUT2D eigenvalue weighted by Crippen LogP contribution is 1.87. The van der Waals surface area contributed by atoms with Crippen LogP contribution in [0, 0.1) is 16.1 Å². The number of nitrogens with one attached hydrogen (secondary N) is 1. The Bertz CT molecular complexity index is 560. The number of H-pyrrole nitrogens is 1. The zero-order valence-corrected chi connectivity index (χ0v) is 9.00. The Labute approximate surface area is 90.4 Å². The first-order chi connectivity index (χ1) is 7.07. The van der Waals surface area contributed by atoms with Gasteiger partial charge in [-0.1, -0.05) is 0 Å². The van der Waals surface area contributed by atoms with Gasteiger partial charge >= 0.3 is 11.4 Å². The minimum Gasteiger partial charge on any atom is -0.284 e. The summed E-state index contributed by atoms with van der Waals surface area (Å²) in [5.74, 6) is 0. The lowest BCUT2D eigenvalue weighted by molar-refractivity contribution is 0.541. The monoisotopic (exact) mass is 226 g/mol. The van der Waals surface area contributed by atoms with Gasteiger partial charge in [-0.05, 0) is 18.6 Å². The fourth-order valence-corrected chi connectivity index (χ4v) is 1.28. The van der Waals surface area contributed by atoms with E-state index < -0.39 is 11.4 Å². The van der Waals surface area contributed by atoms with Crippen LogP contribution in [0.4, 0.5) is 0 Å². The zero-order chi connectivity index (χ0) is 11.4. The largest absolute Gasteiger partial charge is 0.334 e.